The normalized spacial score (nSPS) is 19.8. The van der Waals surface area contributed by atoms with Gasteiger partial charge in [0.2, 0.25) is 5.91 Å². The topological polar surface area (TPSA) is 73.3 Å². The van der Waals surface area contributed by atoms with E-state index in [1.165, 1.54) is 0 Å². The van der Waals surface area contributed by atoms with E-state index in [1.807, 2.05) is 47.9 Å². The number of rotatable bonds is 7. The van der Waals surface area contributed by atoms with Gasteiger partial charge in [0.05, 0.1) is 12.6 Å². The maximum atomic E-state index is 12.3. The predicted octanol–water partition coefficient (Wildman–Crippen LogP) is 1.84. The maximum absolute atomic E-state index is 12.3. The van der Waals surface area contributed by atoms with Crippen LogP contribution in [0.4, 0.5) is 0 Å². The Kier molecular flexibility index (Phi) is 6.91. The van der Waals surface area contributed by atoms with Crippen molar-refractivity contribution in [3.63, 3.8) is 0 Å². The van der Waals surface area contributed by atoms with Crippen molar-refractivity contribution in [2.75, 3.05) is 45.8 Å². The molecule has 154 valence electrons. The molecule has 0 spiro atoms. The van der Waals surface area contributed by atoms with Crippen LogP contribution >= 0.6 is 0 Å². The first-order valence-electron chi connectivity index (χ1n) is 10.2. The fourth-order valence-corrected chi connectivity index (χ4v) is 3.95. The summed E-state index contributed by atoms with van der Waals surface area (Å²) in [5, 5.41) is 9.80. The molecule has 0 bridgehead atoms. The third-order valence-corrected chi connectivity index (χ3v) is 5.39. The molecule has 0 aromatic heterocycles. The number of hydrogen-bond donors (Lipinski definition) is 1. The molecule has 7 nitrogen and oxygen atoms in total. The van der Waals surface area contributed by atoms with Crippen LogP contribution in [0.2, 0.25) is 0 Å². The Balaban J connectivity index is 1.57. The number of benzene rings is 1. The zero-order valence-corrected chi connectivity index (χ0v) is 16.8. The van der Waals surface area contributed by atoms with Gasteiger partial charge < -0.3 is 14.7 Å². The summed E-state index contributed by atoms with van der Waals surface area (Å²) in [6, 6.07) is 6.65. The highest BCUT2D eigenvalue weighted by molar-refractivity contribution is 5.78. The molecule has 0 aliphatic carbocycles. The number of hydrogen-bond acceptors (Lipinski definition) is 5. The van der Waals surface area contributed by atoms with Gasteiger partial charge in [-0.25, -0.2) is 0 Å². The summed E-state index contributed by atoms with van der Waals surface area (Å²) < 4.78 is 5.64. The van der Waals surface area contributed by atoms with Crippen molar-refractivity contribution in [1.29, 1.82) is 0 Å². The minimum absolute atomic E-state index is 0.0810. The Morgan fingerprint density at radius 3 is 2.14 bits per heavy atom. The van der Waals surface area contributed by atoms with Crippen LogP contribution in [0.1, 0.15) is 38.3 Å². The van der Waals surface area contributed by atoms with Crippen LogP contribution in [0, 0.1) is 0 Å². The zero-order valence-electron chi connectivity index (χ0n) is 16.8. The van der Waals surface area contributed by atoms with Crippen molar-refractivity contribution in [3.05, 3.63) is 29.8 Å². The molecular formula is C21H31N3O4. The lowest BCUT2D eigenvalue weighted by Crippen LogP contribution is -2.51. The van der Waals surface area contributed by atoms with E-state index in [2.05, 4.69) is 4.90 Å². The highest BCUT2D eigenvalue weighted by Crippen LogP contribution is 2.25. The third-order valence-electron chi connectivity index (χ3n) is 5.39. The molecule has 2 aliphatic heterocycles. The molecule has 2 saturated heterocycles. The number of amides is 1. The lowest BCUT2D eigenvalue weighted by Gasteiger charge is -2.38. The molecule has 0 unspecified atom stereocenters. The number of carboxylic acid groups (broad SMARTS) is 1. The summed E-state index contributed by atoms with van der Waals surface area (Å²) in [7, 11) is 0. The molecule has 2 heterocycles. The van der Waals surface area contributed by atoms with Gasteiger partial charge in [0.15, 0.2) is 0 Å². The van der Waals surface area contributed by atoms with Crippen molar-refractivity contribution >= 4 is 11.9 Å². The van der Waals surface area contributed by atoms with E-state index < -0.39 is 12.0 Å². The summed E-state index contributed by atoms with van der Waals surface area (Å²) in [5.41, 5.74) is 0.755. The van der Waals surface area contributed by atoms with Crippen LogP contribution in [-0.4, -0.2) is 83.6 Å². The summed E-state index contributed by atoms with van der Waals surface area (Å²) >= 11 is 0. The number of carbonyl (C=O) groups excluding carboxylic acids is 1. The first-order valence-corrected chi connectivity index (χ1v) is 10.2. The predicted molar refractivity (Wildman–Crippen MR) is 106 cm³/mol. The Labute approximate surface area is 166 Å². The van der Waals surface area contributed by atoms with E-state index in [-0.39, 0.29) is 12.0 Å². The van der Waals surface area contributed by atoms with Crippen LogP contribution in [0.5, 0.6) is 5.75 Å². The maximum Gasteiger partial charge on any atom is 0.325 e. The number of likely N-dealkylation sites (tertiary alicyclic amines) is 1. The molecule has 1 aromatic carbocycles. The molecule has 1 atom stereocenters. The van der Waals surface area contributed by atoms with Gasteiger partial charge in [-0.2, -0.15) is 0 Å². The van der Waals surface area contributed by atoms with Gasteiger partial charge in [-0.1, -0.05) is 12.1 Å². The molecule has 1 amide bonds. The molecule has 7 heteroatoms. The Morgan fingerprint density at radius 2 is 1.61 bits per heavy atom. The van der Waals surface area contributed by atoms with Gasteiger partial charge in [-0.05, 0) is 44.4 Å². The summed E-state index contributed by atoms with van der Waals surface area (Å²) in [4.78, 5) is 30.3. The minimum Gasteiger partial charge on any atom is -0.491 e. The molecule has 3 rings (SSSR count). The number of nitrogens with zero attached hydrogens (tertiary/aromatic N) is 3. The average Bonchev–Trinajstić information content (AvgIpc) is 3.19. The van der Waals surface area contributed by atoms with Crippen LogP contribution in [-0.2, 0) is 9.59 Å². The van der Waals surface area contributed by atoms with Gasteiger partial charge in [0, 0.05) is 39.3 Å². The largest absolute Gasteiger partial charge is 0.491 e. The highest BCUT2D eigenvalue weighted by Gasteiger charge is 2.31. The molecule has 28 heavy (non-hydrogen) atoms. The van der Waals surface area contributed by atoms with Gasteiger partial charge in [-0.3, -0.25) is 19.4 Å². The number of carboxylic acids is 1. The van der Waals surface area contributed by atoms with E-state index in [0.717, 1.165) is 37.2 Å². The smallest absolute Gasteiger partial charge is 0.325 e. The van der Waals surface area contributed by atoms with Crippen molar-refractivity contribution in [2.45, 2.75) is 38.8 Å². The molecular weight excluding hydrogens is 358 g/mol. The number of aliphatic carboxylic acids is 1. The first-order chi connectivity index (χ1) is 13.4. The lowest BCUT2D eigenvalue weighted by atomic mass is 10.0. The quantitative estimate of drug-likeness (QED) is 0.767. The number of piperazine rings is 1. The van der Waals surface area contributed by atoms with Gasteiger partial charge in [-0.15, -0.1) is 0 Å². The highest BCUT2D eigenvalue weighted by atomic mass is 16.5. The fraction of sp³-hybridized carbons (Fsp3) is 0.619. The Hall–Kier alpha value is -2.12. The summed E-state index contributed by atoms with van der Waals surface area (Å²) in [6.45, 7) is 8.78. The standard InChI is InChI=1S/C21H31N3O4/c1-16(2)28-18-7-5-17(6-8-18)20(21(26)27)24-13-11-22(12-14-24)15-19(25)23-9-3-4-10-23/h5-8,16,20H,3-4,9-15H2,1-2H3,(H,26,27)/t20-/m0/s1. The SMILES string of the molecule is CC(C)Oc1ccc([C@@H](C(=O)O)N2CCN(CC(=O)N3CCCC3)CC2)cc1. The van der Waals surface area contributed by atoms with Crippen LogP contribution in [0.25, 0.3) is 0 Å². The molecule has 1 aromatic rings. The number of carbonyl (C=O) groups is 2. The fourth-order valence-electron chi connectivity index (χ4n) is 3.95. The van der Waals surface area contributed by atoms with E-state index in [4.69, 9.17) is 4.74 Å². The Morgan fingerprint density at radius 1 is 1.00 bits per heavy atom. The summed E-state index contributed by atoms with van der Waals surface area (Å²) in [6.07, 6.45) is 2.28. The van der Waals surface area contributed by atoms with Crippen molar-refractivity contribution in [1.82, 2.24) is 14.7 Å². The van der Waals surface area contributed by atoms with Gasteiger partial charge in [0.1, 0.15) is 11.8 Å². The first kappa shape index (κ1) is 20.6. The van der Waals surface area contributed by atoms with Crippen LogP contribution in [0.3, 0.4) is 0 Å². The van der Waals surface area contributed by atoms with Crippen molar-refractivity contribution in [2.24, 2.45) is 0 Å². The third kappa shape index (κ3) is 5.23. The molecule has 0 saturated carbocycles. The minimum atomic E-state index is -0.848. The molecule has 0 radical (unpaired) electrons. The monoisotopic (exact) mass is 389 g/mol. The van der Waals surface area contributed by atoms with Gasteiger partial charge in [0.25, 0.3) is 0 Å². The number of ether oxygens (including phenoxy) is 1. The van der Waals surface area contributed by atoms with Crippen molar-refractivity contribution in [3.8, 4) is 5.75 Å². The second kappa shape index (κ2) is 9.39. The Bertz CT molecular complexity index is 663. The molecule has 1 N–H and O–H groups in total. The second-order valence-corrected chi connectivity index (χ2v) is 7.88. The summed E-state index contributed by atoms with van der Waals surface area (Å²) in [5.74, 6) is 0.0914. The zero-order chi connectivity index (χ0) is 20.1. The van der Waals surface area contributed by atoms with Crippen molar-refractivity contribution < 1.29 is 19.4 Å². The molecule has 2 aliphatic rings. The van der Waals surface area contributed by atoms with E-state index >= 15 is 0 Å². The van der Waals surface area contributed by atoms with E-state index in [0.29, 0.717) is 32.7 Å². The average molecular weight is 389 g/mol. The second-order valence-electron chi connectivity index (χ2n) is 7.88. The van der Waals surface area contributed by atoms with Crippen LogP contribution in [0.15, 0.2) is 24.3 Å². The van der Waals surface area contributed by atoms with Gasteiger partial charge >= 0.3 is 5.97 Å². The lowest BCUT2D eigenvalue weighted by molar-refractivity contribution is -0.145. The van der Waals surface area contributed by atoms with E-state index in [9.17, 15) is 14.7 Å². The molecule has 2 fully saturated rings. The van der Waals surface area contributed by atoms with E-state index in [1.54, 1.807) is 0 Å². The van der Waals surface area contributed by atoms with Crippen LogP contribution < -0.4 is 4.74 Å².